The molecule has 0 amide bonds. The fourth-order valence-corrected chi connectivity index (χ4v) is 0.721. The Kier molecular flexibility index (Phi) is 4.80. The normalized spacial score (nSPS) is 8.69. The molecular formula is C9H13F2NO. The average molecular weight is 189 g/mol. The van der Waals surface area contributed by atoms with Crippen molar-refractivity contribution in [2.45, 2.75) is 13.8 Å². The molecule has 0 fully saturated rings. The lowest BCUT2D eigenvalue weighted by atomic mass is 10.3. The van der Waals surface area contributed by atoms with E-state index in [0.717, 1.165) is 12.1 Å². The Morgan fingerprint density at radius 1 is 1.15 bits per heavy atom. The lowest BCUT2D eigenvalue weighted by Gasteiger charge is -2.03. The number of anilines is 1. The maximum atomic E-state index is 12.4. The number of ether oxygens (including phenoxy) is 1. The Morgan fingerprint density at radius 3 is 2.08 bits per heavy atom. The fourth-order valence-electron chi connectivity index (χ4n) is 0.721. The van der Waals surface area contributed by atoms with Crippen molar-refractivity contribution in [3.8, 4) is 5.75 Å². The summed E-state index contributed by atoms with van der Waals surface area (Å²) in [6.45, 7) is 4.00. The van der Waals surface area contributed by atoms with Gasteiger partial charge in [-0.2, -0.15) is 0 Å². The van der Waals surface area contributed by atoms with Crippen molar-refractivity contribution in [3.63, 3.8) is 0 Å². The molecule has 74 valence electrons. The Hall–Kier alpha value is -1.32. The maximum absolute atomic E-state index is 12.4. The predicted molar refractivity (Wildman–Crippen MR) is 48.7 cm³/mol. The number of hydrogen-bond acceptors (Lipinski definition) is 2. The maximum Gasteiger partial charge on any atom is 0.162 e. The second kappa shape index (κ2) is 5.35. The van der Waals surface area contributed by atoms with Gasteiger partial charge in [0.2, 0.25) is 0 Å². The van der Waals surface area contributed by atoms with E-state index in [-0.39, 0.29) is 11.4 Å². The minimum Gasteiger partial charge on any atom is -0.494 e. The van der Waals surface area contributed by atoms with Crippen LogP contribution in [0.4, 0.5) is 14.5 Å². The summed E-state index contributed by atoms with van der Waals surface area (Å²) in [5.74, 6) is -1.79. The van der Waals surface area contributed by atoms with E-state index in [9.17, 15) is 8.78 Å². The van der Waals surface area contributed by atoms with E-state index < -0.39 is 11.6 Å². The van der Waals surface area contributed by atoms with E-state index in [1.54, 1.807) is 0 Å². The molecule has 0 aliphatic carbocycles. The molecule has 0 bridgehead atoms. The van der Waals surface area contributed by atoms with E-state index in [1.165, 1.54) is 7.11 Å². The van der Waals surface area contributed by atoms with Crippen molar-refractivity contribution in [1.29, 1.82) is 0 Å². The summed E-state index contributed by atoms with van der Waals surface area (Å²) in [6, 6.07) is 1.79. The number of benzene rings is 1. The van der Waals surface area contributed by atoms with Crippen LogP contribution >= 0.6 is 0 Å². The number of methoxy groups -OCH3 is 1. The monoisotopic (exact) mass is 189 g/mol. The number of nitrogen functional groups attached to an aromatic ring is 1. The van der Waals surface area contributed by atoms with Gasteiger partial charge in [-0.1, -0.05) is 13.8 Å². The molecule has 1 aromatic rings. The molecule has 13 heavy (non-hydrogen) atoms. The number of hydrogen-bond donors (Lipinski definition) is 1. The van der Waals surface area contributed by atoms with Gasteiger partial charge in [-0.15, -0.1) is 0 Å². The molecule has 4 heteroatoms. The lowest BCUT2D eigenvalue weighted by Crippen LogP contribution is -1.95. The molecule has 0 heterocycles. The topological polar surface area (TPSA) is 35.2 Å². The van der Waals surface area contributed by atoms with Gasteiger partial charge in [-0.3, -0.25) is 0 Å². The highest BCUT2D eigenvalue weighted by molar-refractivity contribution is 5.52. The third kappa shape index (κ3) is 2.89. The fraction of sp³-hybridized carbons (Fsp3) is 0.333. The van der Waals surface area contributed by atoms with Gasteiger partial charge in [-0.05, 0) is 0 Å². The minimum absolute atomic E-state index is 0.0893. The molecular weight excluding hydrogens is 176 g/mol. The zero-order valence-corrected chi connectivity index (χ0v) is 7.90. The summed E-state index contributed by atoms with van der Waals surface area (Å²) in [6.07, 6.45) is 0. The molecule has 0 aliphatic rings. The van der Waals surface area contributed by atoms with E-state index in [2.05, 4.69) is 4.74 Å². The van der Waals surface area contributed by atoms with Crippen LogP contribution in [-0.2, 0) is 0 Å². The van der Waals surface area contributed by atoms with E-state index in [4.69, 9.17) is 5.73 Å². The molecule has 2 nitrogen and oxygen atoms in total. The molecule has 1 rings (SSSR count). The van der Waals surface area contributed by atoms with E-state index >= 15 is 0 Å². The quantitative estimate of drug-likeness (QED) is 0.689. The van der Waals surface area contributed by atoms with Crippen LogP contribution in [0.25, 0.3) is 0 Å². The van der Waals surface area contributed by atoms with Crippen LogP contribution in [0.1, 0.15) is 13.8 Å². The first-order chi connectivity index (χ1) is 6.15. The highest BCUT2D eigenvalue weighted by atomic mass is 19.2. The molecule has 0 spiro atoms. The van der Waals surface area contributed by atoms with Crippen LogP contribution < -0.4 is 10.5 Å². The van der Waals surface area contributed by atoms with Crippen molar-refractivity contribution in [2.24, 2.45) is 0 Å². The van der Waals surface area contributed by atoms with Crippen LogP contribution in [0.3, 0.4) is 0 Å². The van der Waals surface area contributed by atoms with Crippen LogP contribution in [0.15, 0.2) is 12.1 Å². The summed E-state index contributed by atoms with van der Waals surface area (Å²) < 4.78 is 29.5. The molecule has 2 N–H and O–H groups in total. The molecule has 0 aliphatic heterocycles. The van der Waals surface area contributed by atoms with Gasteiger partial charge in [0.1, 0.15) is 5.75 Å². The molecule has 0 saturated heterocycles. The number of nitrogens with two attached hydrogens (primary N) is 1. The predicted octanol–water partition coefficient (Wildman–Crippen LogP) is 2.58. The molecule has 0 unspecified atom stereocenters. The highest BCUT2D eigenvalue weighted by Crippen LogP contribution is 2.23. The van der Waals surface area contributed by atoms with E-state index in [1.807, 2.05) is 13.8 Å². The van der Waals surface area contributed by atoms with Gasteiger partial charge in [0, 0.05) is 12.1 Å². The van der Waals surface area contributed by atoms with Crippen molar-refractivity contribution in [2.75, 3.05) is 12.8 Å². The second-order valence-corrected chi connectivity index (χ2v) is 2.01. The van der Waals surface area contributed by atoms with Gasteiger partial charge >= 0.3 is 0 Å². The molecule has 1 aromatic carbocycles. The number of halogens is 2. The van der Waals surface area contributed by atoms with Gasteiger partial charge in [0.25, 0.3) is 0 Å². The van der Waals surface area contributed by atoms with Crippen LogP contribution in [0, 0.1) is 11.6 Å². The molecule has 0 radical (unpaired) electrons. The first kappa shape index (κ1) is 11.7. The molecule has 0 atom stereocenters. The second-order valence-electron chi connectivity index (χ2n) is 2.01. The van der Waals surface area contributed by atoms with Crippen molar-refractivity contribution in [1.82, 2.24) is 0 Å². The summed E-state index contributed by atoms with van der Waals surface area (Å²) in [4.78, 5) is 0. The first-order valence-corrected chi connectivity index (χ1v) is 3.93. The third-order valence-electron chi connectivity index (χ3n) is 1.27. The van der Waals surface area contributed by atoms with Gasteiger partial charge < -0.3 is 10.5 Å². The largest absolute Gasteiger partial charge is 0.494 e. The SMILES string of the molecule is CC.COc1cc(F)c(F)cc1N. The standard InChI is InChI=1S/C7H7F2NO.C2H6/c1-11-7-3-5(9)4(8)2-6(7)10;1-2/h2-3H,10H2,1H3;1-2H3. The third-order valence-corrected chi connectivity index (χ3v) is 1.27. The smallest absolute Gasteiger partial charge is 0.162 e. The molecule has 0 aromatic heterocycles. The summed E-state index contributed by atoms with van der Waals surface area (Å²) in [5, 5.41) is 0. The van der Waals surface area contributed by atoms with Gasteiger partial charge in [0.05, 0.1) is 12.8 Å². The number of rotatable bonds is 1. The summed E-state index contributed by atoms with van der Waals surface area (Å²) >= 11 is 0. The highest BCUT2D eigenvalue weighted by Gasteiger charge is 2.06. The minimum atomic E-state index is -0.969. The van der Waals surface area contributed by atoms with Crippen molar-refractivity contribution < 1.29 is 13.5 Å². The van der Waals surface area contributed by atoms with Gasteiger partial charge in [-0.25, -0.2) is 8.78 Å². The summed E-state index contributed by atoms with van der Waals surface area (Å²) in [5.41, 5.74) is 5.36. The zero-order valence-electron chi connectivity index (χ0n) is 7.90. The first-order valence-electron chi connectivity index (χ1n) is 3.93. The zero-order chi connectivity index (χ0) is 10.4. The van der Waals surface area contributed by atoms with Crippen LogP contribution in [0.5, 0.6) is 5.75 Å². The molecule has 0 saturated carbocycles. The van der Waals surface area contributed by atoms with Crippen molar-refractivity contribution in [3.05, 3.63) is 23.8 Å². The van der Waals surface area contributed by atoms with E-state index in [0.29, 0.717) is 0 Å². The van der Waals surface area contributed by atoms with Gasteiger partial charge in [0.15, 0.2) is 11.6 Å². The van der Waals surface area contributed by atoms with Crippen LogP contribution in [0.2, 0.25) is 0 Å². The van der Waals surface area contributed by atoms with Crippen LogP contribution in [-0.4, -0.2) is 7.11 Å². The lowest BCUT2D eigenvalue weighted by molar-refractivity contribution is 0.409. The Balaban J connectivity index is 0.000000671. The summed E-state index contributed by atoms with van der Waals surface area (Å²) in [7, 11) is 1.34. The Morgan fingerprint density at radius 2 is 1.62 bits per heavy atom. The Bertz CT molecular complexity index is 277. The Labute approximate surface area is 76.3 Å². The van der Waals surface area contributed by atoms with Crippen molar-refractivity contribution >= 4 is 5.69 Å². The average Bonchev–Trinajstić information content (AvgIpc) is 2.15.